The summed E-state index contributed by atoms with van der Waals surface area (Å²) >= 11 is 11.6. The van der Waals surface area contributed by atoms with Gasteiger partial charge in [0.05, 0.1) is 20.3 Å². The number of aliphatic carboxylic acids is 1. The number of anilines is 4. The quantitative estimate of drug-likeness (QED) is 0.136. The van der Waals surface area contributed by atoms with E-state index in [1.54, 1.807) is 121 Å². The van der Waals surface area contributed by atoms with E-state index in [9.17, 15) is 25.3 Å². The van der Waals surface area contributed by atoms with E-state index in [1.807, 2.05) is 42.5 Å². The smallest absolute Gasteiger partial charge is 0.550 e. The van der Waals surface area contributed by atoms with Gasteiger partial charge in [0, 0.05) is 34.2 Å². The van der Waals surface area contributed by atoms with Gasteiger partial charge in [-0.1, -0.05) is 91.0 Å². The first-order valence-corrected chi connectivity index (χ1v) is 24.4. The molecule has 0 amide bonds. The van der Waals surface area contributed by atoms with Crippen LogP contribution >= 0.6 is 43.5 Å². The van der Waals surface area contributed by atoms with Gasteiger partial charge in [0.1, 0.15) is 22.5 Å². The molecule has 3 N–H and O–H groups in total. The Morgan fingerprint density at radius 2 is 1.14 bits per heavy atom. The van der Waals surface area contributed by atoms with Crippen LogP contribution in [0.3, 0.4) is 0 Å². The van der Waals surface area contributed by atoms with E-state index in [1.165, 1.54) is 4.31 Å². The van der Waals surface area contributed by atoms with Crippen LogP contribution in [0.25, 0.3) is 0 Å². The zero-order valence-corrected chi connectivity index (χ0v) is 46.9. The maximum absolute atomic E-state index is 12.1. The summed E-state index contributed by atoms with van der Waals surface area (Å²) in [5.74, 6) is -0.506. The van der Waals surface area contributed by atoms with Crippen LogP contribution in [0.5, 0.6) is 17.2 Å². The number of nitrogens with zero attached hydrogens (tertiary/aromatic N) is 1. The summed E-state index contributed by atoms with van der Waals surface area (Å²) in [5.41, 5.74) is 2.21. The normalized spacial score (nSPS) is 11.6. The second-order valence-electron chi connectivity index (χ2n) is 11.9. The minimum atomic E-state index is -3.54. The van der Waals surface area contributed by atoms with Crippen molar-refractivity contribution in [3.8, 4) is 17.2 Å². The Balaban J connectivity index is 0.000000821. The average molecular weight is 1200 g/mol. The number of alkyl halides is 1. The molecule has 0 unspecified atom stereocenters. The topological polar surface area (TPSA) is 209 Å². The van der Waals surface area contributed by atoms with Crippen molar-refractivity contribution in [2.24, 2.45) is 0 Å². The van der Waals surface area contributed by atoms with Gasteiger partial charge in [-0.15, -0.1) is 11.6 Å². The summed E-state index contributed by atoms with van der Waals surface area (Å²) in [4.78, 5) is 8.89. The molecule has 6 radical (unpaired) electrons. The van der Waals surface area contributed by atoms with Crippen molar-refractivity contribution >= 4 is 119 Å². The van der Waals surface area contributed by atoms with Gasteiger partial charge in [0.15, 0.2) is 0 Å². The summed E-state index contributed by atoms with van der Waals surface area (Å²) in [6.45, 7) is 0.972. The third kappa shape index (κ3) is 22.9. The van der Waals surface area contributed by atoms with E-state index in [4.69, 9.17) is 36.1 Å². The van der Waals surface area contributed by atoms with Crippen LogP contribution in [0.15, 0.2) is 173 Å². The Kier molecular flexibility index (Phi) is 29.4. The van der Waals surface area contributed by atoms with Gasteiger partial charge in [0.25, 0.3) is 20.0 Å². The van der Waals surface area contributed by atoms with Crippen molar-refractivity contribution in [2.75, 3.05) is 30.8 Å². The number of ether oxygens (including phenoxy) is 2. The number of carboxylic acid groups (broad SMARTS) is 1. The van der Waals surface area contributed by atoms with Gasteiger partial charge in [-0.2, -0.15) is 0 Å². The largest absolute Gasteiger partial charge is 1.00 e. The second kappa shape index (κ2) is 31.0. The molecular weight excluding hydrogens is 1160 g/mol. The fourth-order valence-corrected chi connectivity index (χ4v) is 8.04. The predicted molar refractivity (Wildman–Crippen MR) is 256 cm³/mol. The van der Waals surface area contributed by atoms with Gasteiger partial charge in [-0.25, -0.2) is 29.6 Å². The molecule has 0 atom stereocenters. The fraction of sp³-hybridized carbons (Fsp3) is 0.0976. The molecule has 0 fully saturated rings. The molecule has 23 heteroatoms. The molecule has 64 heavy (non-hydrogen) atoms. The van der Waals surface area contributed by atoms with E-state index >= 15 is 0 Å². The van der Waals surface area contributed by atoms with Crippen LogP contribution in [0.4, 0.5) is 22.7 Å². The van der Waals surface area contributed by atoms with Crippen LogP contribution < -0.4 is 97.2 Å². The minimum Gasteiger partial charge on any atom is -0.550 e. The Labute approximate surface area is 459 Å². The number of hydrogen-bond acceptors (Lipinski definition) is 11. The number of carbonyl (C=O) groups excluding carboxylic acids is 1. The number of phenols is 1. The van der Waals surface area contributed by atoms with Crippen LogP contribution in [0, 0.1) is 0 Å². The zero-order chi connectivity index (χ0) is 44.9. The molecule has 6 aromatic carbocycles. The number of sulfonamides is 3. The van der Waals surface area contributed by atoms with E-state index in [-0.39, 0.29) is 97.4 Å². The van der Waals surface area contributed by atoms with Crippen molar-refractivity contribution in [1.82, 2.24) is 0 Å². The number of para-hydroxylation sites is 7. The Hall–Kier alpha value is -3.13. The summed E-state index contributed by atoms with van der Waals surface area (Å²) in [6, 6.07) is 47.5. The number of carbonyl (C=O) groups is 1. The van der Waals surface area contributed by atoms with Crippen molar-refractivity contribution in [2.45, 2.75) is 6.92 Å². The minimum absolute atomic E-state index is 0. The number of halogens is 3. The average Bonchev–Trinajstić information content (AvgIpc) is 3.23. The fourth-order valence-electron chi connectivity index (χ4n) is 4.53. The second-order valence-corrected chi connectivity index (χ2v) is 19.3. The van der Waals surface area contributed by atoms with E-state index in [0.717, 1.165) is 11.4 Å². The van der Waals surface area contributed by atoms with E-state index in [0.29, 0.717) is 38.7 Å². The molecule has 0 bridgehead atoms. The molecule has 6 aromatic rings. The molecule has 1 aliphatic heterocycles. The van der Waals surface area contributed by atoms with Crippen molar-refractivity contribution in [3.63, 3.8) is 0 Å². The van der Waals surface area contributed by atoms with Gasteiger partial charge in [-0.05, 0) is 112 Å². The standard InChI is InChI=1S/C13H12BrNO3S.C13H11NO3S.C7H8ClNO2S.C6H5BrO.C2H4O2.2B.Cs/c14-12-8-4-5-9-13(12)18-10-19(16,17)15-11-6-2-1-3-7-11;15-18(16)10-17-13-9-5-4-8-12(13)14(18)11-6-2-1-3-7-11;8-6-12(10,11)9-7-4-2-1-3-5-7;7-5-3-1-2-4-6(5)8;1-2(3)4;;;/h1-9,15H,10H2;1-9H,10H2;1-5,9H,6H2;1-4,8H;1H3,(H,3,4);;;/q;;;;;;;+1/p-1. The number of nitrogens with one attached hydrogen (secondary N) is 2. The monoisotopic (exact) mass is 1190 g/mol. The van der Waals surface area contributed by atoms with Crippen molar-refractivity contribution in [1.29, 1.82) is 0 Å². The first-order valence-electron chi connectivity index (χ1n) is 17.4. The molecule has 7 rings (SSSR count). The number of rotatable bonds is 9. The summed E-state index contributed by atoms with van der Waals surface area (Å²) in [5, 5.41) is 17.3. The molecule has 0 aliphatic carbocycles. The SMILES string of the molecule is CC(=O)[O-].O=S(=O)(CCl)Nc1ccccc1.O=S(=O)(COc1ccccc1Br)Nc1ccccc1.O=S1(=O)COc2ccccc2N1c1ccccc1.Oc1ccccc1Br.[B].[B].[Cs+]. The Morgan fingerprint density at radius 1 is 0.719 bits per heavy atom. The van der Waals surface area contributed by atoms with E-state index < -0.39 is 47.2 Å². The number of fused-ring (bicyclic) bond motifs is 1. The first kappa shape index (κ1) is 60.9. The number of phenolic OH excluding ortho intramolecular Hbond substituents is 1. The van der Waals surface area contributed by atoms with Gasteiger partial charge < -0.3 is 24.5 Å². The van der Waals surface area contributed by atoms with Crippen LogP contribution in [0.2, 0.25) is 0 Å². The first-order chi connectivity index (χ1) is 28.9. The molecule has 0 spiro atoms. The van der Waals surface area contributed by atoms with Gasteiger partial charge in [0.2, 0.25) is 21.9 Å². The zero-order valence-electron chi connectivity index (χ0n) is 34.2. The third-order valence-electron chi connectivity index (χ3n) is 7.01. The van der Waals surface area contributed by atoms with E-state index in [2.05, 4.69) is 41.3 Å². The van der Waals surface area contributed by atoms with Gasteiger partial charge in [-0.3, -0.25) is 9.44 Å². The van der Waals surface area contributed by atoms with Crippen LogP contribution in [-0.2, 0) is 34.9 Å². The molecule has 330 valence electrons. The van der Waals surface area contributed by atoms with Crippen LogP contribution in [0.1, 0.15) is 6.92 Å². The van der Waals surface area contributed by atoms with Crippen LogP contribution in [-0.4, -0.2) is 70.2 Å². The maximum Gasteiger partial charge on any atom is 1.00 e. The molecule has 1 aliphatic rings. The molecular formula is C41H39B2Br2ClCsN3O11S3. The van der Waals surface area contributed by atoms with Crippen molar-refractivity contribution in [3.05, 3.63) is 173 Å². The Morgan fingerprint density at radius 3 is 1.61 bits per heavy atom. The molecule has 1 heterocycles. The summed E-state index contributed by atoms with van der Waals surface area (Å²) < 4.78 is 87.9. The molecule has 0 saturated heterocycles. The van der Waals surface area contributed by atoms with Gasteiger partial charge >= 0.3 is 68.9 Å². The van der Waals surface area contributed by atoms with Crippen molar-refractivity contribution < 1.29 is 119 Å². The number of hydrogen-bond donors (Lipinski definition) is 3. The maximum atomic E-state index is 12.1. The molecule has 14 nitrogen and oxygen atoms in total. The Bertz CT molecular complexity index is 2610. The third-order valence-corrected chi connectivity index (χ3v) is 12.4. The predicted octanol–water partition coefficient (Wildman–Crippen LogP) is 4.51. The summed E-state index contributed by atoms with van der Waals surface area (Å²) in [7, 11) is -10.4. The number of aromatic hydroxyl groups is 1. The number of benzene rings is 6. The summed E-state index contributed by atoms with van der Waals surface area (Å²) in [6.07, 6.45) is 0. The number of carboxylic acids is 1. The molecule has 0 aromatic heterocycles. The molecule has 0 saturated carbocycles.